The molecule has 0 bridgehead atoms. The normalized spacial score (nSPS) is 28.3. The summed E-state index contributed by atoms with van der Waals surface area (Å²) < 4.78 is 33.0. The van der Waals surface area contributed by atoms with E-state index in [4.69, 9.17) is 27.9 Å². The summed E-state index contributed by atoms with van der Waals surface area (Å²) in [5, 5.41) is 7.44. The lowest BCUT2D eigenvalue weighted by atomic mass is 9.57. The molecule has 0 aromatic heterocycles. The molecule has 42 heavy (non-hydrogen) atoms. The molecule has 4 aliphatic rings. The predicted octanol–water partition coefficient (Wildman–Crippen LogP) is 5.51. The third-order valence-electron chi connectivity index (χ3n) is 8.83. The van der Waals surface area contributed by atoms with Gasteiger partial charge in [0.25, 0.3) is 0 Å². The third kappa shape index (κ3) is 5.38. The van der Waals surface area contributed by atoms with Gasteiger partial charge in [0.2, 0.25) is 21.8 Å². The number of sulfonamides is 1. The van der Waals surface area contributed by atoms with Gasteiger partial charge < -0.3 is 15.4 Å². The average Bonchev–Trinajstić information content (AvgIpc) is 3.21. The van der Waals surface area contributed by atoms with Crippen LogP contribution in [0.5, 0.6) is 5.75 Å². The summed E-state index contributed by atoms with van der Waals surface area (Å²) in [5.41, 5.74) is 0.933. The smallest absolute Gasteiger partial charge is 0.237 e. The van der Waals surface area contributed by atoms with Crippen LogP contribution in [0.1, 0.15) is 42.9 Å². The van der Waals surface area contributed by atoms with Crippen molar-refractivity contribution in [1.82, 2.24) is 9.62 Å². The zero-order valence-corrected chi connectivity index (χ0v) is 27.3. The number of anilines is 1. The van der Waals surface area contributed by atoms with E-state index in [2.05, 4.69) is 33.2 Å². The van der Waals surface area contributed by atoms with Crippen LogP contribution < -0.4 is 15.4 Å². The highest BCUT2D eigenvalue weighted by Crippen LogP contribution is 2.58. The van der Waals surface area contributed by atoms with Gasteiger partial charge in [-0.25, -0.2) is 12.7 Å². The Kier molecular flexibility index (Phi) is 8.14. The van der Waals surface area contributed by atoms with Crippen molar-refractivity contribution in [2.75, 3.05) is 24.7 Å². The lowest BCUT2D eigenvalue weighted by molar-refractivity contribution is -0.135. The average molecular weight is 742 g/mol. The lowest BCUT2D eigenvalue weighted by Gasteiger charge is -2.49. The molecule has 6 rings (SSSR count). The SMILES string of the molecule is CS(=O)(=O)N1CCC(Oc2ccc(I)cc2[C@@H]2NC(=O)C[C@@H](C3C=CC=C(Cl)C3)[C@]23C(=O)Nc2cc(Cl)ccc23)CC1. The van der Waals surface area contributed by atoms with Crippen molar-refractivity contribution in [1.29, 1.82) is 0 Å². The number of carbonyl (C=O) groups excluding carboxylic acids is 2. The van der Waals surface area contributed by atoms with E-state index in [-0.39, 0.29) is 30.3 Å². The maximum Gasteiger partial charge on any atom is 0.237 e. The van der Waals surface area contributed by atoms with Crippen LogP contribution in [0.3, 0.4) is 0 Å². The molecule has 1 spiro atoms. The Bertz CT molecular complexity index is 1620. The van der Waals surface area contributed by atoms with Crippen LogP contribution in [-0.4, -0.2) is 50.0 Å². The highest BCUT2D eigenvalue weighted by molar-refractivity contribution is 14.1. The quantitative estimate of drug-likeness (QED) is 0.394. The maximum absolute atomic E-state index is 14.4. The van der Waals surface area contributed by atoms with E-state index < -0.39 is 27.4 Å². The second-order valence-corrected chi connectivity index (χ2v) is 15.5. The standard InChI is InChI=1S/C30H30Cl2IN3O5S/c1-42(39,40)36-11-9-21(10-12-36)41-26-8-6-20(33)15-22(26)28-30(23-7-5-19(32)14-25(23)34-29(30)38)24(16-27(37)35-28)17-3-2-4-18(31)13-17/h2-8,14-15,17,21,24,28H,9-13,16H2,1H3,(H,34,38)(H,35,37)/t17?,24-,28-,30-/m0/s1. The number of fused-ring (bicyclic) bond motifs is 2. The molecule has 3 aliphatic heterocycles. The van der Waals surface area contributed by atoms with Crippen molar-refractivity contribution in [2.24, 2.45) is 11.8 Å². The topological polar surface area (TPSA) is 105 Å². The molecule has 2 aromatic rings. The Morgan fingerprint density at radius 3 is 2.55 bits per heavy atom. The van der Waals surface area contributed by atoms with Gasteiger partial charge >= 0.3 is 0 Å². The Balaban J connectivity index is 1.46. The van der Waals surface area contributed by atoms with Crippen LogP contribution in [-0.2, 0) is 25.0 Å². The summed E-state index contributed by atoms with van der Waals surface area (Å²) in [4.78, 5) is 27.8. The molecule has 2 amide bonds. The minimum Gasteiger partial charge on any atom is -0.490 e. The maximum atomic E-state index is 14.4. The Labute approximate surface area is 269 Å². The fraction of sp³-hybridized carbons (Fsp3) is 0.400. The third-order valence-corrected chi connectivity index (χ3v) is 11.3. The molecule has 3 heterocycles. The highest BCUT2D eigenvalue weighted by atomic mass is 127. The number of hydrogen-bond acceptors (Lipinski definition) is 5. The van der Waals surface area contributed by atoms with Crippen LogP contribution in [0.2, 0.25) is 5.02 Å². The fourth-order valence-electron chi connectivity index (χ4n) is 6.96. The molecule has 222 valence electrons. The molecule has 2 aromatic carbocycles. The number of nitrogens with zero attached hydrogens (tertiary/aromatic N) is 1. The summed E-state index contributed by atoms with van der Waals surface area (Å²) in [5.74, 6) is -0.362. The molecule has 0 radical (unpaired) electrons. The molecule has 12 heteroatoms. The molecule has 4 atom stereocenters. The van der Waals surface area contributed by atoms with Crippen molar-refractivity contribution >= 4 is 73.3 Å². The van der Waals surface area contributed by atoms with E-state index in [1.807, 2.05) is 42.5 Å². The van der Waals surface area contributed by atoms with E-state index in [1.54, 1.807) is 12.1 Å². The predicted molar refractivity (Wildman–Crippen MR) is 171 cm³/mol. The molecule has 2 N–H and O–H groups in total. The van der Waals surface area contributed by atoms with E-state index in [0.29, 0.717) is 59.4 Å². The molecule has 0 saturated carbocycles. The van der Waals surface area contributed by atoms with Gasteiger partial charge in [-0.05, 0) is 95.7 Å². The zero-order valence-electron chi connectivity index (χ0n) is 22.8. The number of benzene rings is 2. The van der Waals surface area contributed by atoms with E-state index in [9.17, 15) is 18.0 Å². The monoisotopic (exact) mass is 741 g/mol. The summed E-state index contributed by atoms with van der Waals surface area (Å²) in [6.45, 7) is 0.739. The van der Waals surface area contributed by atoms with E-state index in [0.717, 1.165) is 9.13 Å². The number of carbonyl (C=O) groups is 2. The van der Waals surface area contributed by atoms with Crippen LogP contribution >= 0.6 is 45.8 Å². The Morgan fingerprint density at radius 2 is 1.83 bits per heavy atom. The van der Waals surface area contributed by atoms with Crippen molar-refractivity contribution in [3.63, 3.8) is 0 Å². The highest BCUT2D eigenvalue weighted by Gasteiger charge is 2.62. The molecule has 1 aliphatic carbocycles. The van der Waals surface area contributed by atoms with Gasteiger partial charge in [0.05, 0.1) is 12.3 Å². The minimum atomic E-state index is -3.28. The molecule has 2 saturated heterocycles. The van der Waals surface area contributed by atoms with E-state index in [1.165, 1.54) is 10.6 Å². The van der Waals surface area contributed by atoms with Crippen LogP contribution in [0.25, 0.3) is 0 Å². The second kappa shape index (κ2) is 11.4. The van der Waals surface area contributed by atoms with Crippen molar-refractivity contribution in [2.45, 2.75) is 43.2 Å². The van der Waals surface area contributed by atoms with E-state index >= 15 is 0 Å². The number of piperidine rings is 2. The van der Waals surface area contributed by atoms with Gasteiger partial charge in [-0.1, -0.05) is 41.4 Å². The lowest BCUT2D eigenvalue weighted by Crippen LogP contribution is -2.59. The van der Waals surface area contributed by atoms with Gasteiger partial charge in [0.15, 0.2) is 0 Å². The van der Waals surface area contributed by atoms with Gasteiger partial charge in [-0.15, -0.1) is 0 Å². The first-order valence-electron chi connectivity index (χ1n) is 13.8. The van der Waals surface area contributed by atoms with Crippen molar-refractivity contribution in [3.8, 4) is 5.75 Å². The molecule has 1 unspecified atom stereocenters. The molecular formula is C30H30Cl2IN3O5S. The summed E-state index contributed by atoms with van der Waals surface area (Å²) >= 11 is 15.1. The van der Waals surface area contributed by atoms with Gasteiger partial charge in [0.1, 0.15) is 17.3 Å². The molecule has 8 nitrogen and oxygen atoms in total. The largest absolute Gasteiger partial charge is 0.490 e. The Morgan fingerprint density at radius 1 is 1.07 bits per heavy atom. The first kappa shape index (κ1) is 29.9. The fourth-order valence-corrected chi connectivity index (χ4v) is 8.77. The summed E-state index contributed by atoms with van der Waals surface area (Å²) in [6, 6.07) is 10.4. The number of halogens is 3. The number of nitrogens with one attached hydrogen (secondary N) is 2. The molecular weight excluding hydrogens is 712 g/mol. The number of amides is 2. The zero-order chi connectivity index (χ0) is 29.8. The number of ether oxygens (including phenoxy) is 1. The van der Waals surface area contributed by atoms with Crippen LogP contribution in [0.4, 0.5) is 5.69 Å². The van der Waals surface area contributed by atoms with Gasteiger partial charge in [0, 0.05) is 44.4 Å². The van der Waals surface area contributed by atoms with Gasteiger partial charge in [-0.2, -0.15) is 0 Å². The first-order chi connectivity index (χ1) is 20.0. The first-order valence-corrected chi connectivity index (χ1v) is 17.5. The minimum absolute atomic E-state index is 0.148. The molecule has 2 fully saturated rings. The summed E-state index contributed by atoms with van der Waals surface area (Å²) in [7, 11) is -3.28. The summed E-state index contributed by atoms with van der Waals surface area (Å²) in [6.07, 6.45) is 8.50. The van der Waals surface area contributed by atoms with Crippen LogP contribution in [0.15, 0.2) is 59.7 Å². The van der Waals surface area contributed by atoms with Gasteiger partial charge in [-0.3, -0.25) is 9.59 Å². The number of hydrogen-bond donors (Lipinski definition) is 2. The van der Waals surface area contributed by atoms with Crippen molar-refractivity contribution in [3.05, 3.63) is 79.4 Å². The van der Waals surface area contributed by atoms with Crippen LogP contribution in [0, 0.1) is 15.4 Å². The second-order valence-electron chi connectivity index (χ2n) is 11.4. The number of allylic oxidation sites excluding steroid dienone is 4. The Hall–Kier alpha value is -2.12. The van der Waals surface area contributed by atoms with Crippen molar-refractivity contribution < 1.29 is 22.7 Å². The number of rotatable bonds is 5.